The Labute approximate surface area is 115 Å². The summed E-state index contributed by atoms with van der Waals surface area (Å²) in [6, 6.07) is 2.80. The molecule has 0 bridgehead atoms. The predicted octanol–water partition coefficient (Wildman–Crippen LogP) is 2.48. The second-order valence-corrected chi connectivity index (χ2v) is 8.23. The fourth-order valence-electron chi connectivity index (χ4n) is 3.36. The van der Waals surface area contributed by atoms with E-state index in [9.17, 15) is 0 Å². The molecule has 0 N–H and O–H groups in total. The van der Waals surface area contributed by atoms with Gasteiger partial charge in [-0.15, -0.1) is 6.58 Å². The molecule has 3 heteroatoms. The minimum Gasteiger partial charge on any atom is -0.288 e. The molecule has 2 aliphatic rings. The lowest BCUT2D eigenvalue weighted by atomic mass is 10.1. The Kier molecular flexibility index (Phi) is 5.92. The highest BCUT2D eigenvalue weighted by molar-refractivity contribution is 6.36. The van der Waals surface area contributed by atoms with Crippen molar-refractivity contribution >= 4 is 9.52 Å². The summed E-state index contributed by atoms with van der Waals surface area (Å²) >= 11 is 0. The van der Waals surface area contributed by atoms with Crippen LogP contribution in [0.25, 0.3) is 0 Å². The molecule has 0 aromatic carbocycles. The maximum absolute atomic E-state index is 4.36. The normalized spacial score (nSPS) is 22.8. The molecule has 0 spiro atoms. The van der Waals surface area contributed by atoms with Crippen molar-refractivity contribution < 1.29 is 0 Å². The molecule has 2 fully saturated rings. The number of likely N-dealkylation sites (tertiary alicyclic amines) is 2. The highest BCUT2D eigenvalue weighted by Crippen LogP contribution is 2.24. The molecule has 2 nitrogen and oxygen atoms in total. The van der Waals surface area contributed by atoms with Crippen molar-refractivity contribution in [2.75, 3.05) is 26.2 Å². The molecule has 0 aromatic heterocycles. The predicted molar refractivity (Wildman–Crippen MR) is 83.0 cm³/mol. The Morgan fingerprint density at radius 1 is 1.06 bits per heavy atom. The molecular formula is C15H30N2Si. The van der Waals surface area contributed by atoms with E-state index >= 15 is 0 Å². The lowest BCUT2D eigenvalue weighted by Crippen LogP contribution is -2.46. The largest absolute Gasteiger partial charge is 0.288 e. The summed E-state index contributed by atoms with van der Waals surface area (Å²) in [6.07, 6.45) is 7.54. The summed E-state index contributed by atoms with van der Waals surface area (Å²) in [7, 11) is 0.152. The molecule has 2 aliphatic heterocycles. The third-order valence-corrected chi connectivity index (χ3v) is 6.25. The molecule has 2 saturated heterocycles. The fourth-order valence-corrected chi connectivity index (χ4v) is 4.41. The van der Waals surface area contributed by atoms with Gasteiger partial charge in [-0.2, -0.15) is 0 Å². The Bertz CT molecular complexity index is 239. The lowest BCUT2D eigenvalue weighted by Gasteiger charge is -2.35. The molecule has 0 atom stereocenters. The molecule has 0 unspecified atom stereocenters. The molecule has 0 amide bonds. The molecular weight excluding hydrogens is 236 g/mol. The van der Waals surface area contributed by atoms with Gasteiger partial charge in [-0.1, -0.05) is 18.5 Å². The van der Waals surface area contributed by atoms with Crippen LogP contribution in [0.5, 0.6) is 0 Å². The SMILES string of the molecule is C=C(C[SiH2]CC)CC(N1CCCC1)N1CCCC1. The Morgan fingerprint density at radius 3 is 2.00 bits per heavy atom. The molecule has 104 valence electrons. The van der Waals surface area contributed by atoms with Crippen LogP contribution < -0.4 is 0 Å². The summed E-state index contributed by atoms with van der Waals surface area (Å²) in [6.45, 7) is 12.0. The first-order valence-corrected chi connectivity index (χ1v) is 9.96. The summed E-state index contributed by atoms with van der Waals surface area (Å²) in [4.78, 5) is 5.45. The molecule has 18 heavy (non-hydrogen) atoms. The van der Waals surface area contributed by atoms with Gasteiger partial charge in [-0.05, 0) is 64.3 Å². The lowest BCUT2D eigenvalue weighted by molar-refractivity contribution is 0.0796. The van der Waals surface area contributed by atoms with Crippen molar-refractivity contribution in [3.63, 3.8) is 0 Å². The van der Waals surface area contributed by atoms with Crippen LogP contribution >= 0.6 is 0 Å². The van der Waals surface area contributed by atoms with E-state index in [4.69, 9.17) is 0 Å². The van der Waals surface area contributed by atoms with Crippen molar-refractivity contribution in [3.05, 3.63) is 12.2 Å². The van der Waals surface area contributed by atoms with E-state index in [1.165, 1.54) is 75.9 Å². The van der Waals surface area contributed by atoms with Gasteiger partial charge in [0.25, 0.3) is 0 Å². The second kappa shape index (κ2) is 7.46. The van der Waals surface area contributed by atoms with E-state index in [1.54, 1.807) is 0 Å². The maximum Gasteiger partial charge on any atom is 0.0660 e. The minimum absolute atomic E-state index is 0.152. The smallest absolute Gasteiger partial charge is 0.0660 e. The van der Waals surface area contributed by atoms with Crippen LogP contribution in [0.1, 0.15) is 39.0 Å². The number of hydrogen-bond donors (Lipinski definition) is 0. The molecule has 2 rings (SSSR count). The van der Waals surface area contributed by atoms with Crippen LogP contribution in [0.2, 0.25) is 12.1 Å². The van der Waals surface area contributed by atoms with E-state index in [0.717, 1.165) is 0 Å². The van der Waals surface area contributed by atoms with Gasteiger partial charge < -0.3 is 0 Å². The van der Waals surface area contributed by atoms with E-state index in [1.807, 2.05) is 0 Å². The monoisotopic (exact) mass is 266 g/mol. The van der Waals surface area contributed by atoms with Crippen LogP contribution in [0.3, 0.4) is 0 Å². The number of nitrogens with zero attached hydrogens (tertiary/aromatic N) is 2. The van der Waals surface area contributed by atoms with E-state index in [-0.39, 0.29) is 9.52 Å². The minimum atomic E-state index is 0.152. The van der Waals surface area contributed by atoms with Gasteiger partial charge >= 0.3 is 0 Å². The standard InChI is InChI=1S/C15H30N2Si/c1-3-18-13-14(2)12-15(16-8-4-5-9-16)17-10-6-7-11-17/h15H,2-13,18H2,1H3. The average Bonchev–Trinajstić information content (AvgIpc) is 3.05. The third kappa shape index (κ3) is 3.94. The van der Waals surface area contributed by atoms with Crippen LogP contribution in [-0.4, -0.2) is 51.7 Å². The van der Waals surface area contributed by atoms with Crippen molar-refractivity contribution in [1.29, 1.82) is 0 Å². The zero-order valence-corrected chi connectivity index (χ0v) is 13.6. The Balaban J connectivity index is 1.88. The van der Waals surface area contributed by atoms with E-state index in [0.29, 0.717) is 6.17 Å². The quantitative estimate of drug-likeness (QED) is 0.516. The summed E-state index contributed by atoms with van der Waals surface area (Å²) in [5.41, 5.74) is 1.53. The third-order valence-electron chi connectivity index (χ3n) is 4.48. The summed E-state index contributed by atoms with van der Waals surface area (Å²) < 4.78 is 0. The highest BCUT2D eigenvalue weighted by Gasteiger charge is 2.29. The number of hydrogen-bond acceptors (Lipinski definition) is 2. The number of rotatable bonds is 7. The zero-order valence-electron chi connectivity index (χ0n) is 12.2. The summed E-state index contributed by atoms with van der Waals surface area (Å²) in [5, 5.41) is 0. The van der Waals surface area contributed by atoms with E-state index < -0.39 is 0 Å². The Hall–Kier alpha value is -0.123. The van der Waals surface area contributed by atoms with Gasteiger partial charge in [0.1, 0.15) is 0 Å². The maximum atomic E-state index is 4.36. The van der Waals surface area contributed by atoms with Crippen LogP contribution in [0, 0.1) is 0 Å². The van der Waals surface area contributed by atoms with E-state index in [2.05, 4.69) is 23.3 Å². The van der Waals surface area contributed by atoms with Crippen molar-refractivity contribution in [3.8, 4) is 0 Å². The van der Waals surface area contributed by atoms with Crippen LogP contribution in [0.4, 0.5) is 0 Å². The average molecular weight is 267 g/mol. The molecule has 0 aliphatic carbocycles. The molecule has 0 saturated carbocycles. The van der Waals surface area contributed by atoms with Crippen LogP contribution in [0.15, 0.2) is 12.2 Å². The molecule has 0 aromatic rings. The van der Waals surface area contributed by atoms with Gasteiger partial charge in [0.05, 0.1) is 6.17 Å². The molecule has 0 radical (unpaired) electrons. The van der Waals surface area contributed by atoms with Gasteiger partial charge in [-0.25, -0.2) is 0 Å². The van der Waals surface area contributed by atoms with Gasteiger partial charge in [0.15, 0.2) is 0 Å². The van der Waals surface area contributed by atoms with Crippen LogP contribution in [-0.2, 0) is 0 Å². The second-order valence-electron chi connectivity index (χ2n) is 6.02. The zero-order chi connectivity index (χ0) is 12.8. The van der Waals surface area contributed by atoms with Crippen molar-refractivity contribution in [2.45, 2.75) is 57.3 Å². The van der Waals surface area contributed by atoms with Gasteiger partial charge in [0, 0.05) is 9.52 Å². The first-order valence-electron chi connectivity index (χ1n) is 7.96. The molecule has 2 heterocycles. The highest BCUT2D eigenvalue weighted by atomic mass is 28.2. The van der Waals surface area contributed by atoms with Crippen molar-refractivity contribution in [2.24, 2.45) is 0 Å². The summed E-state index contributed by atoms with van der Waals surface area (Å²) in [5.74, 6) is 0. The van der Waals surface area contributed by atoms with Gasteiger partial charge in [-0.3, -0.25) is 9.80 Å². The van der Waals surface area contributed by atoms with Gasteiger partial charge in [0.2, 0.25) is 0 Å². The van der Waals surface area contributed by atoms with Crippen molar-refractivity contribution in [1.82, 2.24) is 9.80 Å². The Morgan fingerprint density at radius 2 is 1.56 bits per heavy atom. The topological polar surface area (TPSA) is 6.48 Å². The first-order chi connectivity index (χ1) is 8.81. The fraction of sp³-hybridized carbons (Fsp3) is 0.867. The first kappa shape index (κ1) is 14.3.